The van der Waals surface area contributed by atoms with Gasteiger partial charge in [0.05, 0.1) is 12.2 Å². The summed E-state index contributed by atoms with van der Waals surface area (Å²) in [5.74, 6) is 1.51. The van der Waals surface area contributed by atoms with Crippen molar-refractivity contribution in [3.8, 4) is 0 Å². The first-order valence-electron chi connectivity index (χ1n) is 9.78. The van der Waals surface area contributed by atoms with Crippen LogP contribution in [0.25, 0.3) is 0 Å². The zero-order valence-corrected chi connectivity index (χ0v) is 19.5. The lowest BCUT2D eigenvalue weighted by atomic mass is 10.0. The van der Waals surface area contributed by atoms with Crippen molar-refractivity contribution in [3.05, 3.63) is 17.0 Å². The molecule has 0 atom stereocenters. The third-order valence-corrected chi connectivity index (χ3v) is 4.85. The van der Waals surface area contributed by atoms with Crippen molar-refractivity contribution in [3.63, 3.8) is 0 Å². The topological polar surface area (TPSA) is 72.7 Å². The molecule has 27 heavy (non-hydrogen) atoms. The fourth-order valence-electron chi connectivity index (χ4n) is 3.09. The summed E-state index contributed by atoms with van der Waals surface area (Å²) in [7, 11) is 1.97. The second-order valence-electron chi connectivity index (χ2n) is 6.88. The van der Waals surface area contributed by atoms with E-state index in [1.54, 1.807) is 0 Å². The number of aliphatic imine (C=N–C) groups is 1. The minimum atomic E-state index is 0. The Labute approximate surface area is 180 Å². The molecule has 0 amide bonds. The van der Waals surface area contributed by atoms with E-state index < -0.39 is 0 Å². The Kier molecular flexibility index (Phi) is 11.9. The highest BCUT2D eigenvalue weighted by Crippen LogP contribution is 2.14. The lowest BCUT2D eigenvalue weighted by Gasteiger charge is -2.21. The molecule has 7 nitrogen and oxygen atoms in total. The average Bonchev–Trinajstić information content (AvgIpc) is 2.88. The maximum absolute atomic E-state index is 5.81. The van der Waals surface area contributed by atoms with Gasteiger partial charge >= 0.3 is 0 Å². The number of rotatable bonds is 9. The van der Waals surface area contributed by atoms with Crippen LogP contribution in [0.1, 0.15) is 43.1 Å². The van der Waals surface area contributed by atoms with Gasteiger partial charge in [0, 0.05) is 57.8 Å². The summed E-state index contributed by atoms with van der Waals surface area (Å²) in [5, 5.41) is 11.1. The van der Waals surface area contributed by atoms with Gasteiger partial charge in [-0.05, 0) is 46.0 Å². The molecule has 2 rings (SSSR count). The summed E-state index contributed by atoms with van der Waals surface area (Å²) in [5.41, 5.74) is 3.42. The zero-order chi connectivity index (χ0) is 18.8. The summed E-state index contributed by atoms with van der Waals surface area (Å²) in [6, 6.07) is 0. The number of hydrogen-bond acceptors (Lipinski definition) is 4. The molecule has 0 bridgehead atoms. The molecule has 1 fully saturated rings. The molecule has 1 aromatic heterocycles. The highest BCUT2D eigenvalue weighted by Gasteiger charge is 2.13. The van der Waals surface area contributed by atoms with E-state index in [1.165, 1.54) is 11.3 Å². The predicted molar refractivity (Wildman–Crippen MR) is 120 cm³/mol. The van der Waals surface area contributed by atoms with E-state index in [-0.39, 0.29) is 24.0 Å². The zero-order valence-electron chi connectivity index (χ0n) is 17.2. The smallest absolute Gasteiger partial charge is 0.191 e. The SMILES string of the molecule is CCNC(=NCc1c(C)nn(C)c1C)NCCCOCC1CCOCC1.I. The van der Waals surface area contributed by atoms with Crippen LogP contribution >= 0.6 is 24.0 Å². The van der Waals surface area contributed by atoms with Crippen molar-refractivity contribution in [2.75, 3.05) is 39.5 Å². The van der Waals surface area contributed by atoms with Gasteiger partial charge in [0.2, 0.25) is 0 Å². The minimum absolute atomic E-state index is 0. The first kappa shape index (κ1) is 24.2. The largest absolute Gasteiger partial charge is 0.381 e. The molecule has 2 heterocycles. The van der Waals surface area contributed by atoms with Crippen LogP contribution in [0.3, 0.4) is 0 Å². The van der Waals surface area contributed by atoms with Gasteiger partial charge in [0.25, 0.3) is 0 Å². The van der Waals surface area contributed by atoms with Crippen molar-refractivity contribution in [1.29, 1.82) is 0 Å². The van der Waals surface area contributed by atoms with Crippen LogP contribution in [0, 0.1) is 19.8 Å². The summed E-state index contributed by atoms with van der Waals surface area (Å²) in [6.45, 7) is 11.9. The normalized spacial score (nSPS) is 15.5. The molecule has 2 N–H and O–H groups in total. The third-order valence-electron chi connectivity index (χ3n) is 4.85. The van der Waals surface area contributed by atoms with E-state index in [0.717, 1.165) is 70.4 Å². The molecule has 0 radical (unpaired) electrons. The standard InChI is InChI=1S/C19H35N5O2.HI/c1-5-20-19(22-13-18-15(2)23-24(4)16(18)3)21-9-6-10-26-14-17-7-11-25-12-8-17;/h17H,5-14H2,1-4H3,(H2,20,21,22);1H. The lowest BCUT2D eigenvalue weighted by Crippen LogP contribution is -2.38. The van der Waals surface area contributed by atoms with Crippen LogP contribution < -0.4 is 10.6 Å². The Morgan fingerprint density at radius 2 is 2.04 bits per heavy atom. The number of hydrogen-bond donors (Lipinski definition) is 2. The number of aromatic nitrogens is 2. The second-order valence-corrected chi connectivity index (χ2v) is 6.88. The van der Waals surface area contributed by atoms with Crippen LogP contribution in [0.4, 0.5) is 0 Å². The Balaban J connectivity index is 0.00000364. The highest BCUT2D eigenvalue weighted by molar-refractivity contribution is 14.0. The van der Waals surface area contributed by atoms with Crippen LogP contribution in [0.2, 0.25) is 0 Å². The maximum atomic E-state index is 5.81. The van der Waals surface area contributed by atoms with Crippen LogP contribution in [0.15, 0.2) is 4.99 Å². The van der Waals surface area contributed by atoms with E-state index in [0.29, 0.717) is 12.5 Å². The van der Waals surface area contributed by atoms with E-state index >= 15 is 0 Å². The van der Waals surface area contributed by atoms with Gasteiger partial charge in [-0.25, -0.2) is 4.99 Å². The minimum Gasteiger partial charge on any atom is -0.381 e. The monoisotopic (exact) mass is 493 g/mol. The molecule has 0 aliphatic carbocycles. The first-order valence-corrected chi connectivity index (χ1v) is 9.78. The average molecular weight is 493 g/mol. The fraction of sp³-hybridized carbons (Fsp3) is 0.789. The molecule has 1 aliphatic heterocycles. The van der Waals surface area contributed by atoms with Gasteiger partial charge in [0.15, 0.2) is 5.96 Å². The maximum Gasteiger partial charge on any atom is 0.191 e. The number of ether oxygens (including phenoxy) is 2. The van der Waals surface area contributed by atoms with Crippen LogP contribution in [0.5, 0.6) is 0 Å². The van der Waals surface area contributed by atoms with Gasteiger partial charge in [0.1, 0.15) is 0 Å². The molecule has 1 aliphatic rings. The molecule has 1 saturated heterocycles. The Morgan fingerprint density at radius 1 is 1.30 bits per heavy atom. The Hall–Kier alpha value is -0.870. The van der Waals surface area contributed by atoms with E-state index in [9.17, 15) is 0 Å². The number of aryl methyl sites for hydroxylation is 2. The molecule has 1 aromatic rings. The van der Waals surface area contributed by atoms with Gasteiger partial charge in [-0.1, -0.05) is 0 Å². The van der Waals surface area contributed by atoms with Crippen molar-refractivity contribution in [1.82, 2.24) is 20.4 Å². The quantitative estimate of drug-likeness (QED) is 0.240. The lowest BCUT2D eigenvalue weighted by molar-refractivity contribution is 0.0203. The van der Waals surface area contributed by atoms with Gasteiger partial charge < -0.3 is 20.1 Å². The van der Waals surface area contributed by atoms with Gasteiger partial charge in [-0.15, -0.1) is 24.0 Å². The second kappa shape index (κ2) is 13.3. The number of nitrogens with zero attached hydrogens (tertiary/aromatic N) is 3. The molecular formula is C19H36IN5O2. The van der Waals surface area contributed by atoms with E-state index in [4.69, 9.17) is 14.5 Å². The Bertz CT molecular complexity index is 571. The molecule has 0 saturated carbocycles. The molecule has 0 aromatic carbocycles. The summed E-state index contributed by atoms with van der Waals surface area (Å²) < 4.78 is 13.1. The van der Waals surface area contributed by atoms with Crippen molar-refractivity contribution >= 4 is 29.9 Å². The van der Waals surface area contributed by atoms with Gasteiger partial charge in [-0.3, -0.25) is 4.68 Å². The first-order chi connectivity index (χ1) is 12.6. The van der Waals surface area contributed by atoms with Crippen LogP contribution in [-0.2, 0) is 23.1 Å². The fourth-order valence-corrected chi connectivity index (χ4v) is 3.09. The van der Waals surface area contributed by atoms with Gasteiger partial charge in [-0.2, -0.15) is 5.10 Å². The van der Waals surface area contributed by atoms with Crippen molar-refractivity contribution < 1.29 is 9.47 Å². The molecular weight excluding hydrogens is 457 g/mol. The molecule has 0 unspecified atom stereocenters. The highest BCUT2D eigenvalue weighted by atomic mass is 127. The number of nitrogens with one attached hydrogen (secondary N) is 2. The van der Waals surface area contributed by atoms with Crippen molar-refractivity contribution in [2.24, 2.45) is 18.0 Å². The molecule has 8 heteroatoms. The summed E-state index contributed by atoms with van der Waals surface area (Å²) in [6.07, 6.45) is 3.23. The molecule has 0 spiro atoms. The molecule has 156 valence electrons. The third kappa shape index (κ3) is 8.35. The van der Waals surface area contributed by atoms with E-state index in [1.807, 2.05) is 18.7 Å². The van der Waals surface area contributed by atoms with E-state index in [2.05, 4.69) is 29.6 Å². The predicted octanol–water partition coefficient (Wildman–Crippen LogP) is 2.54. The summed E-state index contributed by atoms with van der Waals surface area (Å²) >= 11 is 0. The Morgan fingerprint density at radius 3 is 2.67 bits per heavy atom. The summed E-state index contributed by atoms with van der Waals surface area (Å²) in [4.78, 5) is 4.70. The number of guanidine groups is 1. The van der Waals surface area contributed by atoms with Crippen LogP contribution in [-0.4, -0.2) is 55.3 Å². The number of halogens is 1. The van der Waals surface area contributed by atoms with Crippen molar-refractivity contribution in [2.45, 2.75) is 46.6 Å².